The van der Waals surface area contributed by atoms with Crippen LogP contribution in [0.5, 0.6) is 11.5 Å². The molecule has 0 N–H and O–H groups in total. The molecule has 0 unspecified atom stereocenters. The van der Waals surface area contributed by atoms with E-state index in [0.717, 1.165) is 12.5 Å². The Morgan fingerprint density at radius 3 is 2.39 bits per heavy atom. The summed E-state index contributed by atoms with van der Waals surface area (Å²) in [6.45, 7) is -0.837. The third-order valence-corrected chi connectivity index (χ3v) is 2.52. The molecule has 0 aliphatic rings. The zero-order chi connectivity index (χ0) is 13.8. The van der Waals surface area contributed by atoms with Gasteiger partial charge < -0.3 is 22.4 Å². The molecule has 0 spiro atoms. The van der Waals surface area contributed by atoms with Crippen LogP contribution >= 0.6 is 0 Å². The minimum atomic E-state index is -5.10. The maximum atomic E-state index is 12.9. The molecular formula is C12H17BF3O2-. The van der Waals surface area contributed by atoms with Gasteiger partial charge in [0.05, 0.1) is 19.5 Å². The Labute approximate surface area is 105 Å². The smallest absolute Gasteiger partial charge is 0.497 e. The zero-order valence-corrected chi connectivity index (χ0v) is 10.8. The highest BCUT2D eigenvalue weighted by Crippen LogP contribution is 2.22. The maximum Gasteiger partial charge on any atom is 0.513 e. The first-order chi connectivity index (χ1) is 8.34. The third-order valence-electron chi connectivity index (χ3n) is 2.52. The Balaban J connectivity index is 2.89. The molecule has 0 radical (unpaired) electrons. The van der Waals surface area contributed by atoms with Gasteiger partial charge in [-0.1, -0.05) is 19.3 Å². The van der Waals surface area contributed by atoms with Crippen LogP contribution < -0.4 is 14.9 Å². The lowest BCUT2D eigenvalue weighted by atomic mass is 9.79. The average molecular weight is 261 g/mol. The largest absolute Gasteiger partial charge is 0.513 e. The minimum Gasteiger partial charge on any atom is -0.497 e. The second kappa shape index (κ2) is 6.02. The van der Waals surface area contributed by atoms with E-state index in [1.165, 1.54) is 19.2 Å². The van der Waals surface area contributed by atoms with Crippen LogP contribution in [0.1, 0.15) is 20.3 Å². The van der Waals surface area contributed by atoms with Gasteiger partial charge in [-0.15, -0.1) is 0 Å². The second-order valence-corrected chi connectivity index (χ2v) is 4.51. The summed E-state index contributed by atoms with van der Waals surface area (Å²) in [6, 6.07) is 3.75. The molecule has 0 bridgehead atoms. The van der Waals surface area contributed by atoms with Crippen LogP contribution in [0.3, 0.4) is 0 Å². The van der Waals surface area contributed by atoms with Gasteiger partial charge in [-0.2, -0.15) is 0 Å². The topological polar surface area (TPSA) is 18.5 Å². The highest BCUT2D eigenvalue weighted by atomic mass is 19.4. The van der Waals surface area contributed by atoms with E-state index in [2.05, 4.69) is 0 Å². The number of halogens is 3. The number of rotatable bonds is 6. The van der Waals surface area contributed by atoms with E-state index in [4.69, 9.17) is 9.47 Å². The highest BCUT2D eigenvalue weighted by Gasteiger charge is 2.29. The Morgan fingerprint density at radius 1 is 1.22 bits per heavy atom. The summed E-state index contributed by atoms with van der Waals surface area (Å²) in [5, 5.41) is 0. The predicted octanol–water partition coefficient (Wildman–Crippen LogP) is 3.17. The molecule has 0 aliphatic carbocycles. The molecule has 1 aromatic rings. The lowest BCUT2D eigenvalue weighted by Gasteiger charge is -2.21. The van der Waals surface area contributed by atoms with Gasteiger partial charge in [0.2, 0.25) is 0 Å². The minimum absolute atomic E-state index is 0.121. The van der Waals surface area contributed by atoms with Gasteiger partial charge in [-0.25, -0.2) is 0 Å². The molecule has 0 fully saturated rings. The normalized spacial score (nSPS) is 11.7. The van der Waals surface area contributed by atoms with Gasteiger partial charge >= 0.3 is 6.98 Å². The molecule has 1 aromatic carbocycles. The second-order valence-electron chi connectivity index (χ2n) is 4.51. The van der Waals surface area contributed by atoms with Crippen molar-refractivity contribution in [3.63, 3.8) is 0 Å². The fourth-order valence-corrected chi connectivity index (χ4v) is 1.45. The Bertz CT molecular complexity index is 391. The summed E-state index contributed by atoms with van der Waals surface area (Å²) < 4.78 is 48.6. The molecule has 0 saturated heterocycles. The predicted molar refractivity (Wildman–Crippen MR) is 66.7 cm³/mol. The molecule has 0 aromatic heterocycles. The van der Waals surface area contributed by atoms with Crippen molar-refractivity contribution in [2.24, 2.45) is 5.92 Å². The van der Waals surface area contributed by atoms with E-state index in [1.54, 1.807) is 0 Å². The van der Waals surface area contributed by atoms with Gasteiger partial charge in [0, 0.05) is 0 Å². The van der Waals surface area contributed by atoms with Crippen LogP contribution in [0.2, 0.25) is 0 Å². The van der Waals surface area contributed by atoms with Crippen LogP contribution in [-0.2, 0) is 0 Å². The molecule has 0 heterocycles. The van der Waals surface area contributed by atoms with E-state index >= 15 is 0 Å². The molecule has 0 amide bonds. The van der Waals surface area contributed by atoms with Crippen molar-refractivity contribution in [2.45, 2.75) is 20.3 Å². The molecular weight excluding hydrogens is 244 g/mol. The molecule has 2 nitrogen and oxygen atoms in total. The van der Waals surface area contributed by atoms with Crippen molar-refractivity contribution in [2.75, 3.05) is 13.7 Å². The summed E-state index contributed by atoms with van der Waals surface area (Å²) in [6.07, 6.45) is 0.719. The average Bonchev–Trinajstić information content (AvgIpc) is 2.27. The fraction of sp³-hybridized carbons (Fsp3) is 0.500. The van der Waals surface area contributed by atoms with Crippen molar-refractivity contribution >= 4 is 12.4 Å². The molecule has 0 atom stereocenters. The van der Waals surface area contributed by atoms with Crippen molar-refractivity contribution in [1.29, 1.82) is 0 Å². The van der Waals surface area contributed by atoms with Crippen molar-refractivity contribution in [3.8, 4) is 11.5 Å². The first-order valence-corrected chi connectivity index (χ1v) is 5.85. The molecule has 102 valence electrons. The van der Waals surface area contributed by atoms with Crippen molar-refractivity contribution < 1.29 is 22.4 Å². The number of benzene rings is 1. The Morgan fingerprint density at radius 2 is 1.89 bits per heavy atom. The van der Waals surface area contributed by atoms with E-state index in [9.17, 15) is 12.9 Å². The molecule has 6 heteroatoms. The van der Waals surface area contributed by atoms with Crippen LogP contribution in [0.15, 0.2) is 18.2 Å². The fourth-order valence-electron chi connectivity index (χ4n) is 1.45. The highest BCUT2D eigenvalue weighted by molar-refractivity contribution is 6.74. The zero-order valence-electron chi connectivity index (χ0n) is 10.8. The lowest BCUT2D eigenvalue weighted by molar-refractivity contribution is 0.290. The summed E-state index contributed by atoms with van der Waals surface area (Å²) in [5.41, 5.74) is -0.738. The quantitative estimate of drug-likeness (QED) is 0.732. The van der Waals surface area contributed by atoms with Gasteiger partial charge in [0.1, 0.15) is 5.75 Å². The molecule has 0 aliphatic heterocycles. The molecule has 1 rings (SSSR count). The van der Waals surface area contributed by atoms with Crippen LogP contribution in [0.25, 0.3) is 0 Å². The summed E-state index contributed by atoms with van der Waals surface area (Å²) in [4.78, 5) is 0. The first-order valence-electron chi connectivity index (χ1n) is 5.85. The SMILES string of the molecule is COc1ccc(OCCC(C)C)c([B-](F)(F)F)c1. The van der Waals surface area contributed by atoms with E-state index in [0.29, 0.717) is 5.92 Å². The van der Waals surface area contributed by atoms with Gasteiger partial charge in [0.25, 0.3) is 0 Å². The van der Waals surface area contributed by atoms with Crippen LogP contribution in [-0.4, -0.2) is 20.7 Å². The Hall–Kier alpha value is -1.33. The van der Waals surface area contributed by atoms with Gasteiger partial charge in [0.15, 0.2) is 0 Å². The van der Waals surface area contributed by atoms with E-state index in [-0.39, 0.29) is 18.1 Å². The number of hydrogen-bond acceptors (Lipinski definition) is 2. The summed E-state index contributed by atoms with van der Waals surface area (Å²) in [5.74, 6) is 0.451. The van der Waals surface area contributed by atoms with Gasteiger partial charge in [-0.3, -0.25) is 0 Å². The first kappa shape index (κ1) is 14.7. The maximum absolute atomic E-state index is 12.9. The van der Waals surface area contributed by atoms with Crippen molar-refractivity contribution in [1.82, 2.24) is 0 Å². The van der Waals surface area contributed by atoms with E-state index < -0.39 is 12.4 Å². The van der Waals surface area contributed by atoms with Crippen molar-refractivity contribution in [3.05, 3.63) is 18.2 Å². The van der Waals surface area contributed by atoms with Gasteiger partial charge in [-0.05, 0) is 30.5 Å². The van der Waals surface area contributed by atoms with Crippen LogP contribution in [0, 0.1) is 5.92 Å². The molecule has 18 heavy (non-hydrogen) atoms. The number of ether oxygens (including phenoxy) is 2. The Kier molecular flexibility index (Phi) is 4.93. The monoisotopic (exact) mass is 261 g/mol. The number of hydrogen-bond donors (Lipinski definition) is 0. The number of methoxy groups -OCH3 is 1. The lowest BCUT2D eigenvalue weighted by Crippen LogP contribution is -2.35. The summed E-state index contributed by atoms with van der Waals surface area (Å²) >= 11 is 0. The van der Waals surface area contributed by atoms with E-state index in [1.807, 2.05) is 13.8 Å². The standard InChI is InChI=1S/C12H17BF3O2/c1-9(2)6-7-18-12-5-4-10(17-3)8-11(12)13(14,15)16/h4-5,8-9H,6-7H2,1-3H3/q-1. The third kappa shape index (κ3) is 4.16. The summed E-state index contributed by atoms with van der Waals surface area (Å²) in [7, 11) is 1.34. The van der Waals surface area contributed by atoms with Crippen LogP contribution in [0.4, 0.5) is 12.9 Å². The molecule has 0 saturated carbocycles.